The molecule has 0 aromatic carbocycles. The van der Waals surface area contributed by atoms with Crippen LogP contribution in [0.5, 0.6) is 0 Å². The minimum absolute atomic E-state index is 0.146. The van der Waals surface area contributed by atoms with E-state index in [1.165, 1.54) is 10.6 Å². The normalized spacial score (nSPS) is 15.8. The minimum Gasteiger partial charge on any atom is -0.384 e. The molecule has 0 amide bonds. The van der Waals surface area contributed by atoms with Crippen molar-refractivity contribution in [2.45, 2.75) is 12.0 Å². The second-order valence-electron chi connectivity index (χ2n) is 8.13. The smallest absolute Gasteiger partial charge is 0.211 e. The Balaban J connectivity index is 1.59. The maximum Gasteiger partial charge on any atom is 0.211 e. The van der Waals surface area contributed by atoms with Crippen LogP contribution in [0.1, 0.15) is 6.42 Å². The highest BCUT2D eigenvalue weighted by Gasteiger charge is 2.49. The summed E-state index contributed by atoms with van der Waals surface area (Å²) in [6, 6.07) is 13.2. The first-order chi connectivity index (χ1) is 15.8. The number of nitrogens with two attached hydrogens (primary N) is 1. The molecular formula is C22H20N8O2S. The lowest BCUT2D eigenvalue weighted by Gasteiger charge is -2.47. The third-order valence-electron chi connectivity index (χ3n) is 5.82. The number of fused-ring (bicyclic) bond motifs is 1. The van der Waals surface area contributed by atoms with Crippen LogP contribution in [0.15, 0.2) is 55.0 Å². The van der Waals surface area contributed by atoms with Gasteiger partial charge in [0.1, 0.15) is 22.7 Å². The van der Waals surface area contributed by atoms with Gasteiger partial charge in [-0.3, -0.25) is 9.67 Å². The molecule has 4 aromatic heterocycles. The van der Waals surface area contributed by atoms with E-state index in [9.17, 15) is 13.7 Å². The first kappa shape index (κ1) is 21.0. The van der Waals surface area contributed by atoms with E-state index in [0.29, 0.717) is 22.9 Å². The van der Waals surface area contributed by atoms with Gasteiger partial charge in [-0.2, -0.15) is 14.7 Å². The van der Waals surface area contributed by atoms with Crippen LogP contribution in [0.3, 0.4) is 0 Å². The molecule has 1 aliphatic heterocycles. The van der Waals surface area contributed by atoms with Crippen molar-refractivity contribution in [2.75, 3.05) is 25.1 Å². The van der Waals surface area contributed by atoms with Gasteiger partial charge in [-0.1, -0.05) is 0 Å². The Morgan fingerprint density at radius 3 is 2.70 bits per heavy atom. The van der Waals surface area contributed by atoms with E-state index >= 15 is 0 Å². The van der Waals surface area contributed by atoms with Crippen LogP contribution in [0.25, 0.3) is 33.5 Å². The molecule has 5 rings (SSSR count). The predicted molar refractivity (Wildman–Crippen MR) is 123 cm³/mol. The van der Waals surface area contributed by atoms with Gasteiger partial charge in [0, 0.05) is 42.6 Å². The zero-order valence-electron chi connectivity index (χ0n) is 17.8. The molecule has 0 spiro atoms. The highest BCUT2D eigenvalue weighted by molar-refractivity contribution is 7.88. The number of hydrogen-bond donors (Lipinski definition) is 1. The van der Waals surface area contributed by atoms with Gasteiger partial charge in [0.15, 0.2) is 0 Å². The Labute approximate surface area is 190 Å². The van der Waals surface area contributed by atoms with Crippen molar-refractivity contribution in [3.8, 4) is 28.7 Å². The number of nitrogen functional groups attached to an aromatic ring is 1. The van der Waals surface area contributed by atoms with Crippen LogP contribution < -0.4 is 5.73 Å². The monoisotopic (exact) mass is 460 g/mol. The first-order valence-corrected chi connectivity index (χ1v) is 12.0. The van der Waals surface area contributed by atoms with Gasteiger partial charge in [-0.25, -0.2) is 18.4 Å². The van der Waals surface area contributed by atoms with E-state index in [4.69, 9.17) is 15.8 Å². The van der Waals surface area contributed by atoms with Gasteiger partial charge in [0.2, 0.25) is 10.0 Å². The Hall–Kier alpha value is -3.88. The molecule has 0 unspecified atom stereocenters. The summed E-state index contributed by atoms with van der Waals surface area (Å²) < 4.78 is 26.8. The fourth-order valence-corrected chi connectivity index (χ4v) is 4.97. The second-order valence-corrected chi connectivity index (χ2v) is 10.1. The van der Waals surface area contributed by atoms with E-state index < -0.39 is 15.6 Å². The van der Waals surface area contributed by atoms with Crippen LogP contribution in [-0.2, 0) is 15.6 Å². The number of pyridine rings is 3. The van der Waals surface area contributed by atoms with Crippen LogP contribution in [-0.4, -0.2) is 56.8 Å². The molecule has 10 nitrogen and oxygen atoms in total. The van der Waals surface area contributed by atoms with Crippen molar-refractivity contribution < 1.29 is 8.42 Å². The Kier molecular flexibility index (Phi) is 4.84. The Bertz CT molecular complexity index is 1500. The van der Waals surface area contributed by atoms with Gasteiger partial charge in [-0.15, -0.1) is 0 Å². The fourth-order valence-electron chi connectivity index (χ4n) is 4.02. The first-order valence-electron chi connectivity index (χ1n) is 10.2. The number of hydrogen-bond acceptors (Lipinski definition) is 8. The lowest BCUT2D eigenvalue weighted by Crippen LogP contribution is -2.63. The standard InChI is InChI=1S/C22H20N8O2S/c1-33(31,32)29-13-22(14-29,7-8-23)30-10-6-17(28-30)21-16-3-2-9-25-19(16)11-18(27-21)15-4-5-20(24)26-12-15/h2-6,9-12H,7,13-14H2,1H3,(H2,24,26). The SMILES string of the molecule is CS(=O)(=O)N1CC(CC#N)(n2ccc(-c3nc(-c4ccc(N)nc4)cc4ncccc34)n2)C1. The van der Waals surface area contributed by atoms with Crippen LogP contribution in [0.2, 0.25) is 0 Å². The second kappa shape index (κ2) is 7.61. The lowest BCUT2D eigenvalue weighted by atomic mass is 9.89. The van der Waals surface area contributed by atoms with Crippen molar-refractivity contribution >= 4 is 26.7 Å². The molecule has 1 saturated heterocycles. The highest BCUT2D eigenvalue weighted by atomic mass is 32.2. The van der Waals surface area contributed by atoms with E-state index in [0.717, 1.165) is 16.5 Å². The summed E-state index contributed by atoms with van der Waals surface area (Å²) in [5.41, 5.74) is 8.48. The number of sulfonamides is 1. The Morgan fingerprint density at radius 2 is 2.00 bits per heavy atom. The van der Waals surface area contributed by atoms with Crippen molar-refractivity contribution in [1.82, 2.24) is 29.0 Å². The molecule has 1 aliphatic rings. The van der Waals surface area contributed by atoms with Gasteiger partial charge < -0.3 is 5.73 Å². The molecule has 4 aromatic rings. The zero-order chi connectivity index (χ0) is 23.2. The third-order valence-corrected chi connectivity index (χ3v) is 7.01. The van der Waals surface area contributed by atoms with E-state index in [1.54, 1.807) is 29.3 Å². The summed E-state index contributed by atoms with van der Waals surface area (Å²) in [6.45, 7) is 0.404. The average molecular weight is 461 g/mol. The number of nitriles is 1. The van der Waals surface area contributed by atoms with E-state index in [-0.39, 0.29) is 19.5 Å². The Morgan fingerprint density at radius 1 is 1.18 bits per heavy atom. The van der Waals surface area contributed by atoms with E-state index in [1.807, 2.05) is 30.3 Å². The van der Waals surface area contributed by atoms with Crippen molar-refractivity contribution in [3.63, 3.8) is 0 Å². The summed E-state index contributed by atoms with van der Waals surface area (Å²) in [7, 11) is -3.33. The summed E-state index contributed by atoms with van der Waals surface area (Å²) in [6.07, 6.45) is 6.45. The van der Waals surface area contributed by atoms with Gasteiger partial charge in [0.25, 0.3) is 0 Å². The molecule has 2 N–H and O–H groups in total. The number of nitrogens with zero attached hydrogens (tertiary/aromatic N) is 7. The van der Waals surface area contributed by atoms with Gasteiger partial charge in [-0.05, 0) is 36.4 Å². The largest absolute Gasteiger partial charge is 0.384 e. The molecule has 0 saturated carbocycles. The number of aromatic nitrogens is 5. The molecule has 0 atom stereocenters. The fraction of sp³-hybridized carbons (Fsp3) is 0.227. The molecule has 11 heteroatoms. The van der Waals surface area contributed by atoms with E-state index in [2.05, 4.69) is 16.0 Å². The molecule has 5 heterocycles. The molecule has 0 bridgehead atoms. The quantitative estimate of drug-likeness (QED) is 0.476. The number of anilines is 1. The maximum atomic E-state index is 11.9. The van der Waals surface area contributed by atoms with Crippen LogP contribution in [0, 0.1) is 11.3 Å². The lowest BCUT2D eigenvalue weighted by molar-refractivity contribution is 0.0726. The van der Waals surface area contributed by atoms with Gasteiger partial charge in [0.05, 0.1) is 30.0 Å². The average Bonchev–Trinajstić information content (AvgIpc) is 3.25. The molecule has 0 radical (unpaired) electrons. The van der Waals surface area contributed by atoms with Crippen molar-refractivity contribution in [2.24, 2.45) is 0 Å². The number of rotatable bonds is 5. The van der Waals surface area contributed by atoms with Crippen LogP contribution in [0.4, 0.5) is 5.82 Å². The highest BCUT2D eigenvalue weighted by Crippen LogP contribution is 2.35. The third kappa shape index (κ3) is 3.69. The molecule has 1 fully saturated rings. The van der Waals surface area contributed by atoms with Crippen molar-refractivity contribution in [1.29, 1.82) is 5.26 Å². The zero-order valence-corrected chi connectivity index (χ0v) is 18.6. The molecular weight excluding hydrogens is 440 g/mol. The van der Waals surface area contributed by atoms with Gasteiger partial charge >= 0.3 is 0 Å². The maximum absolute atomic E-state index is 11.9. The topological polar surface area (TPSA) is 144 Å². The summed E-state index contributed by atoms with van der Waals surface area (Å²) in [5.74, 6) is 0.419. The van der Waals surface area contributed by atoms with Crippen molar-refractivity contribution in [3.05, 3.63) is 55.0 Å². The summed E-state index contributed by atoms with van der Waals surface area (Å²) >= 11 is 0. The summed E-state index contributed by atoms with van der Waals surface area (Å²) in [4.78, 5) is 13.5. The molecule has 33 heavy (non-hydrogen) atoms. The minimum atomic E-state index is -3.33. The van der Waals surface area contributed by atoms with Crippen LogP contribution >= 0.6 is 0 Å². The summed E-state index contributed by atoms with van der Waals surface area (Å²) in [5, 5.41) is 14.9. The predicted octanol–water partition coefficient (Wildman–Crippen LogP) is 2.02. The molecule has 0 aliphatic carbocycles. The molecule has 166 valence electrons.